The molecule has 0 radical (unpaired) electrons. The summed E-state index contributed by atoms with van der Waals surface area (Å²) < 4.78 is 79.3. The van der Waals surface area contributed by atoms with E-state index in [1.807, 2.05) is 0 Å². The molecule has 0 saturated heterocycles. The minimum absolute atomic E-state index is 0.0689. The van der Waals surface area contributed by atoms with E-state index >= 15 is 0 Å². The van der Waals surface area contributed by atoms with Gasteiger partial charge in [0, 0.05) is 6.21 Å². The number of nitriles is 1. The van der Waals surface area contributed by atoms with Gasteiger partial charge in [0.15, 0.2) is 11.5 Å². The van der Waals surface area contributed by atoms with E-state index in [2.05, 4.69) is 10.1 Å². The van der Waals surface area contributed by atoms with Gasteiger partial charge in [0.05, 0.1) is 20.5 Å². The summed E-state index contributed by atoms with van der Waals surface area (Å²) in [6.45, 7) is 0. The molecule has 1 heterocycles. The number of benzene rings is 2. The summed E-state index contributed by atoms with van der Waals surface area (Å²) in [5.41, 5.74) is -6.76. The molecule has 0 saturated carbocycles. The number of alkyl halides is 6. The molecular weight excluding hydrogens is 517 g/mol. The molecule has 1 aromatic heterocycles. The van der Waals surface area contributed by atoms with Gasteiger partial charge >= 0.3 is 11.7 Å². The molecule has 5 nitrogen and oxygen atoms in total. The Morgan fingerprint density at radius 2 is 1.64 bits per heavy atom. The molecule has 33 heavy (non-hydrogen) atoms. The first-order valence-electron chi connectivity index (χ1n) is 8.48. The maximum absolute atomic E-state index is 13.2. The van der Waals surface area contributed by atoms with E-state index < -0.39 is 61.1 Å². The largest absolute Gasteiger partial charge is 0.508 e. The van der Waals surface area contributed by atoms with Gasteiger partial charge < -0.3 is 5.11 Å². The SMILES string of the molecule is N#Cc1nn(-c2c(Cl)cc(C(F)(F)F)cc2Cl)c(N=Cc2ccc(O)cc2)c1SC(F)(F)F. The van der Waals surface area contributed by atoms with Gasteiger partial charge in [-0.15, -0.1) is 0 Å². The number of rotatable bonds is 4. The van der Waals surface area contributed by atoms with Crippen molar-refractivity contribution >= 4 is 47.0 Å². The van der Waals surface area contributed by atoms with Crippen LogP contribution in [0.25, 0.3) is 5.69 Å². The van der Waals surface area contributed by atoms with E-state index in [0.717, 1.165) is 6.21 Å². The van der Waals surface area contributed by atoms with Crippen molar-refractivity contribution in [1.82, 2.24) is 9.78 Å². The van der Waals surface area contributed by atoms with Crippen LogP contribution in [0.1, 0.15) is 16.8 Å². The van der Waals surface area contributed by atoms with Crippen molar-refractivity contribution in [3.8, 4) is 17.5 Å². The minimum atomic E-state index is -4.84. The Bertz CT molecular complexity index is 1240. The van der Waals surface area contributed by atoms with Crippen LogP contribution in [-0.4, -0.2) is 26.6 Å². The van der Waals surface area contributed by atoms with Crippen LogP contribution in [0.5, 0.6) is 5.75 Å². The average molecular weight is 525 g/mol. The molecule has 3 rings (SSSR count). The van der Waals surface area contributed by atoms with Gasteiger partial charge in [0.1, 0.15) is 17.5 Å². The number of halogens is 8. The van der Waals surface area contributed by atoms with Crippen LogP contribution in [0.15, 0.2) is 46.3 Å². The van der Waals surface area contributed by atoms with E-state index in [0.29, 0.717) is 22.4 Å². The third-order valence-corrected chi connectivity index (χ3v) is 5.32. The normalized spacial score (nSPS) is 12.3. The summed E-state index contributed by atoms with van der Waals surface area (Å²) in [6.07, 6.45) is -3.68. The number of phenolic OH excluding ortho intramolecular Hbond substituents is 1. The van der Waals surface area contributed by atoms with Gasteiger partial charge in [-0.2, -0.15) is 36.7 Å². The molecule has 0 atom stereocenters. The lowest BCUT2D eigenvalue weighted by molar-refractivity contribution is -0.137. The fourth-order valence-electron chi connectivity index (χ4n) is 2.57. The molecule has 0 aliphatic rings. The quantitative estimate of drug-likeness (QED) is 0.223. The molecule has 0 unspecified atom stereocenters. The summed E-state index contributed by atoms with van der Waals surface area (Å²) >= 11 is 11.3. The first-order valence-corrected chi connectivity index (χ1v) is 10.1. The van der Waals surface area contributed by atoms with Crippen molar-refractivity contribution < 1.29 is 31.4 Å². The molecule has 1 N–H and O–H groups in total. The first-order chi connectivity index (χ1) is 15.3. The Labute approximate surface area is 195 Å². The predicted molar refractivity (Wildman–Crippen MR) is 111 cm³/mol. The maximum atomic E-state index is 13.2. The second-order valence-electron chi connectivity index (χ2n) is 6.21. The van der Waals surface area contributed by atoms with E-state index in [1.54, 1.807) is 0 Å². The van der Waals surface area contributed by atoms with Crippen LogP contribution in [0, 0.1) is 11.3 Å². The predicted octanol–water partition coefficient (Wildman–Crippen LogP) is 7.14. The van der Waals surface area contributed by atoms with Crippen LogP contribution in [0.2, 0.25) is 10.0 Å². The van der Waals surface area contributed by atoms with Crippen LogP contribution >= 0.6 is 35.0 Å². The fraction of sp³-hybridized carbons (Fsp3) is 0.105. The smallest absolute Gasteiger partial charge is 0.446 e. The Morgan fingerprint density at radius 1 is 1.06 bits per heavy atom. The molecule has 0 aliphatic heterocycles. The minimum Gasteiger partial charge on any atom is -0.508 e. The average Bonchev–Trinajstić information content (AvgIpc) is 3.01. The summed E-state index contributed by atoms with van der Waals surface area (Å²) in [5.74, 6) is -0.605. The van der Waals surface area contributed by atoms with Gasteiger partial charge in [0.2, 0.25) is 0 Å². The highest BCUT2D eigenvalue weighted by molar-refractivity contribution is 8.00. The summed E-state index contributed by atoms with van der Waals surface area (Å²) in [5, 5.41) is 21.3. The van der Waals surface area contributed by atoms with Crippen molar-refractivity contribution in [3.63, 3.8) is 0 Å². The lowest BCUT2D eigenvalue weighted by Crippen LogP contribution is -2.07. The number of phenols is 1. The first kappa shape index (κ1) is 24.8. The highest BCUT2D eigenvalue weighted by atomic mass is 35.5. The topological polar surface area (TPSA) is 74.2 Å². The lowest BCUT2D eigenvalue weighted by Gasteiger charge is -2.13. The molecule has 0 bridgehead atoms. The Balaban J connectivity index is 2.26. The second-order valence-corrected chi connectivity index (χ2v) is 8.10. The number of aliphatic imine (C=N–C) groups is 1. The van der Waals surface area contributed by atoms with Crippen LogP contribution in [0.3, 0.4) is 0 Å². The van der Waals surface area contributed by atoms with E-state index in [1.165, 1.54) is 30.3 Å². The van der Waals surface area contributed by atoms with Crippen molar-refractivity contribution in [2.24, 2.45) is 4.99 Å². The molecule has 0 fully saturated rings. The number of hydrogen-bond donors (Lipinski definition) is 1. The molecule has 14 heteroatoms. The van der Waals surface area contributed by atoms with Crippen molar-refractivity contribution in [2.45, 2.75) is 16.6 Å². The molecule has 3 aromatic rings. The molecular formula is C19H8Cl2F6N4OS. The van der Waals surface area contributed by atoms with Gasteiger partial charge in [0.25, 0.3) is 0 Å². The molecule has 0 amide bonds. The number of thioether (sulfide) groups is 1. The monoisotopic (exact) mass is 524 g/mol. The fourth-order valence-corrected chi connectivity index (χ4v) is 3.87. The molecule has 172 valence electrons. The zero-order chi connectivity index (χ0) is 24.6. The molecule has 0 aliphatic carbocycles. The maximum Gasteiger partial charge on any atom is 0.446 e. The van der Waals surface area contributed by atoms with Gasteiger partial charge in [-0.1, -0.05) is 23.2 Å². The summed E-state index contributed by atoms with van der Waals surface area (Å²) in [7, 11) is 0. The van der Waals surface area contributed by atoms with Gasteiger partial charge in [-0.05, 0) is 53.7 Å². The highest BCUT2D eigenvalue weighted by Crippen LogP contribution is 2.46. The van der Waals surface area contributed by atoms with E-state index in [9.17, 15) is 36.7 Å². The van der Waals surface area contributed by atoms with E-state index in [-0.39, 0.29) is 5.75 Å². The Morgan fingerprint density at radius 3 is 2.12 bits per heavy atom. The summed E-state index contributed by atoms with van der Waals surface area (Å²) in [6, 6.07) is 7.96. The second kappa shape index (κ2) is 9.17. The summed E-state index contributed by atoms with van der Waals surface area (Å²) in [4.78, 5) is 3.27. The van der Waals surface area contributed by atoms with Crippen LogP contribution in [-0.2, 0) is 6.18 Å². The standard InChI is InChI=1S/C19H8Cl2F6N4OS/c20-12-5-10(18(22,23)24)6-13(21)15(12)31-17(29-8-9-1-3-11(32)4-2-9)16(14(7-28)30-31)33-19(25,26)27/h1-6,8,32H. The van der Waals surface area contributed by atoms with Gasteiger partial charge in [-0.3, -0.25) is 0 Å². The molecule has 2 aromatic carbocycles. The zero-order valence-corrected chi connectivity index (χ0v) is 18.0. The van der Waals surface area contributed by atoms with Crippen LogP contribution in [0.4, 0.5) is 32.2 Å². The zero-order valence-electron chi connectivity index (χ0n) is 15.7. The third-order valence-electron chi connectivity index (χ3n) is 3.93. The lowest BCUT2D eigenvalue weighted by atomic mass is 10.2. The Hall–Kier alpha value is -2.88. The van der Waals surface area contributed by atoms with Crippen molar-refractivity contribution in [1.29, 1.82) is 5.26 Å². The van der Waals surface area contributed by atoms with Gasteiger partial charge in [-0.25, -0.2) is 9.67 Å². The number of aromatic nitrogens is 2. The van der Waals surface area contributed by atoms with Crippen LogP contribution < -0.4 is 0 Å². The Kier molecular flexibility index (Phi) is 6.88. The highest BCUT2D eigenvalue weighted by Gasteiger charge is 2.36. The van der Waals surface area contributed by atoms with Crippen molar-refractivity contribution in [3.05, 3.63) is 63.3 Å². The number of hydrogen-bond acceptors (Lipinski definition) is 5. The number of nitrogens with zero attached hydrogens (tertiary/aromatic N) is 4. The molecule has 0 spiro atoms. The van der Waals surface area contributed by atoms with E-state index in [4.69, 9.17) is 23.2 Å². The number of aromatic hydroxyl groups is 1. The van der Waals surface area contributed by atoms with Crippen molar-refractivity contribution in [2.75, 3.05) is 0 Å². The third kappa shape index (κ3) is 5.73.